The zero-order valence-electron chi connectivity index (χ0n) is 12.5. The fourth-order valence-corrected chi connectivity index (χ4v) is 4.57. The summed E-state index contributed by atoms with van der Waals surface area (Å²) in [6.45, 7) is 3.82. The molecule has 5 heteroatoms. The maximum absolute atomic E-state index is 12.9. The zero-order chi connectivity index (χ0) is 15.9. The van der Waals surface area contributed by atoms with E-state index < -0.39 is 10.0 Å². The number of hydrogen-bond donors (Lipinski definition) is 0. The summed E-state index contributed by atoms with van der Waals surface area (Å²) in [4.78, 5) is 12.1. The molecule has 0 aromatic heterocycles. The minimum absolute atomic E-state index is 0.00594. The van der Waals surface area contributed by atoms with E-state index in [2.05, 4.69) is 0 Å². The second-order valence-electron chi connectivity index (χ2n) is 5.54. The third-order valence-corrected chi connectivity index (χ3v) is 5.79. The third-order valence-electron chi connectivity index (χ3n) is 3.99. The van der Waals surface area contributed by atoms with Gasteiger partial charge in [0.15, 0.2) is 5.78 Å². The first kappa shape index (κ1) is 14.8. The van der Waals surface area contributed by atoms with Gasteiger partial charge in [-0.25, -0.2) is 8.42 Å². The highest BCUT2D eigenvalue weighted by atomic mass is 32.2. The fraction of sp³-hybridized carbons (Fsp3) is 0.235. The van der Waals surface area contributed by atoms with Crippen molar-refractivity contribution in [3.05, 3.63) is 59.7 Å². The summed E-state index contributed by atoms with van der Waals surface area (Å²) in [5, 5.41) is 0. The van der Waals surface area contributed by atoms with Gasteiger partial charge in [0.05, 0.1) is 10.6 Å². The van der Waals surface area contributed by atoms with Gasteiger partial charge in [0, 0.05) is 18.0 Å². The van der Waals surface area contributed by atoms with E-state index >= 15 is 0 Å². The quantitative estimate of drug-likeness (QED) is 0.817. The number of carbonyl (C=O) groups is 1. The van der Waals surface area contributed by atoms with Crippen molar-refractivity contribution in [1.29, 1.82) is 0 Å². The Bertz CT molecular complexity index is 828. The number of hydrogen-bond acceptors (Lipinski definition) is 3. The second kappa shape index (κ2) is 5.25. The van der Waals surface area contributed by atoms with Gasteiger partial charge in [0.1, 0.15) is 0 Å². The van der Waals surface area contributed by atoms with E-state index in [-0.39, 0.29) is 16.6 Å². The largest absolute Gasteiger partial charge is 0.294 e. The molecule has 2 aromatic rings. The van der Waals surface area contributed by atoms with Crippen LogP contribution in [-0.2, 0) is 10.0 Å². The maximum Gasteiger partial charge on any atom is 0.264 e. The van der Waals surface area contributed by atoms with Gasteiger partial charge < -0.3 is 0 Å². The van der Waals surface area contributed by atoms with Crippen molar-refractivity contribution in [2.75, 3.05) is 10.8 Å². The van der Waals surface area contributed by atoms with Gasteiger partial charge in [-0.2, -0.15) is 0 Å². The zero-order valence-corrected chi connectivity index (χ0v) is 13.3. The van der Waals surface area contributed by atoms with Gasteiger partial charge in [0.25, 0.3) is 10.0 Å². The summed E-state index contributed by atoms with van der Waals surface area (Å²) in [6.07, 6.45) is 0. The lowest BCUT2D eigenvalue weighted by atomic mass is 9.95. The van der Waals surface area contributed by atoms with Crippen LogP contribution in [0, 0.1) is 0 Å². The van der Waals surface area contributed by atoms with Crippen molar-refractivity contribution < 1.29 is 13.2 Å². The summed E-state index contributed by atoms with van der Waals surface area (Å²) >= 11 is 0. The Morgan fingerprint density at radius 3 is 2.41 bits per heavy atom. The monoisotopic (exact) mass is 315 g/mol. The number of benzene rings is 2. The van der Waals surface area contributed by atoms with Gasteiger partial charge in [-0.05, 0) is 30.7 Å². The molecule has 1 aliphatic rings. The van der Waals surface area contributed by atoms with Crippen LogP contribution < -0.4 is 4.31 Å². The molecule has 0 bridgehead atoms. The predicted octanol–water partition coefficient (Wildman–Crippen LogP) is 3.20. The number of rotatable bonds is 3. The molecule has 1 aliphatic heterocycles. The molecule has 0 saturated heterocycles. The minimum Gasteiger partial charge on any atom is -0.294 e. The number of Topliss-reactive ketones (excluding diaryl/α,β-unsaturated/α-hetero) is 1. The van der Waals surface area contributed by atoms with E-state index in [1.165, 1.54) is 11.2 Å². The minimum atomic E-state index is -3.61. The van der Waals surface area contributed by atoms with E-state index in [4.69, 9.17) is 0 Å². The SMILES string of the molecule is CC(=O)c1cccc2c1C(C)CN2S(=O)(=O)c1ccccc1. The van der Waals surface area contributed by atoms with Crippen LogP contribution >= 0.6 is 0 Å². The lowest BCUT2D eigenvalue weighted by molar-refractivity contribution is 0.101. The molecular weight excluding hydrogens is 298 g/mol. The van der Waals surface area contributed by atoms with E-state index in [1.807, 2.05) is 6.92 Å². The van der Waals surface area contributed by atoms with Crippen LogP contribution in [0.4, 0.5) is 5.69 Å². The highest BCUT2D eigenvalue weighted by Crippen LogP contribution is 2.41. The standard InChI is InChI=1S/C17H17NO3S/c1-12-11-18(22(20,21)14-7-4-3-5-8-14)16-10-6-9-15(13(2)19)17(12)16/h3-10,12H,11H2,1-2H3. The Kier molecular flexibility index (Phi) is 3.53. The Balaban J connectivity index is 2.15. The summed E-state index contributed by atoms with van der Waals surface area (Å²) in [5.41, 5.74) is 2.05. The van der Waals surface area contributed by atoms with Crippen LogP contribution in [0.2, 0.25) is 0 Å². The molecule has 4 nitrogen and oxygen atoms in total. The van der Waals surface area contributed by atoms with E-state index in [1.54, 1.807) is 48.5 Å². The van der Waals surface area contributed by atoms with Gasteiger partial charge in [-0.3, -0.25) is 9.10 Å². The fourth-order valence-electron chi connectivity index (χ4n) is 2.98. The Hall–Kier alpha value is -2.14. The highest BCUT2D eigenvalue weighted by Gasteiger charge is 2.36. The first-order valence-corrected chi connectivity index (χ1v) is 8.58. The van der Waals surface area contributed by atoms with Crippen LogP contribution in [-0.4, -0.2) is 20.7 Å². The predicted molar refractivity (Wildman–Crippen MR) is 85.8 cm³/mol. The molecular formula is C17H17NO3S. The molecule has 0 radical (unpaired) electrons. The van der Waals surface area contributed by atoms with E-state index in [9.17, 15) is 13.2 Å². The first-order chi connectivity index (χ1) is 10.4. The van der Waals surface area contributed by atoms with Crippen LogP contribution in [0.1, 0.15) is 35.7 Å². The summed E-state index contributed by atoms with van der Waals surface area (Å²) in [5.74, 6) is -0.0451. The summed E-state index contributed by atoms with van der Waals surface area (Å²) in [7, 11) is -3.61. The van der Waals surface area contributed by atoms with Crippen LogP contribution in [0.25, 0.3) is 0 Å². The van der Waals surface area contributed by atoms with Gasteiger partial charge in [0.2, 0.25) is 0 Å². The molecule has 0 amide bonds. The van der Waals surface area contributed by atoms with Crippen molar-refractivity contribution in [1.82, 2.24) is 0 Å². The van der Waals surface area contributed by atoms with E-state index in [0.29, 0.717) is 17.8 Å². The first-order valence-electron chi connectivity index (χ1n) is 7.14. The number of carbonyl (C=O) groups excluding carboxylic acids is 1. The molecule has 114 valence electrons. The van der Waals surface area contributed by atoms with Gasteiger partial charge in [-0.15, -0.1) is 0 Å². The number of fused-ring (bicyclic) bond motifs is 1. The maximum atomic E-state index is 12.9. The number of ketones is 1. The lowest BCUT2D eigenvalue weighted by Crippen LogP contribution is -2.29. The van der Waals surface area contributed by atoms with E-state index in [0.717, 1.165) is 5.56 Å². The normalized spacial score (nSPS) is 17.4. The van der Waals surface area contributed by atoms with Gasteiger partial charge in [-0.1, -0.05) is 37.3 Å². The number of sulfonamides is 1. The Morgan fingerprint density at radius 1 is 1.09 bits per heavy atom. The molecule has 22 heavy (non-hydrogen) atoms. The Labute approximate surface area is 130 Å². The van der Waals surface area contributed by atoms with Crippen molar-refractivity contribution in [3.63, 3.8) is 0 Å². The van der Waals surface area contributed by atoms with Crippen molar-refractivity contribution in [3.8, 4) is 0 Å². The summed E-state index contributed by atoms with van der Waals surface area (Å²) < 4.78 is 27.1. The smallest absolute Gasteiger partial charge is 0.264 e. The van der Waals surface area contributed by atoms with Crippen molar-refractivity contribution >= 4 is 21.5 Å². The average molecular weight is 315 g/mol. The highest BCUT2D eigenvalue weighted by molar-refractivity contribution is 7.92. The molecule has 0 aliphatic carbocycles. The molecule has 1 atom stereocenters. The molecule has 2 aromatic carbocycles. The topological polar surface area (TPSA) is 54.5 Å². The molecule has 3 rings (SSSR count). The van der Waals surface area contributed by atoms with Crippen LogP contribution in [0.15, 0.2) is 53.4 Å². The van der Waals surface area contributed by atoms with Gasteiger partial charge >= 0.3 is 0 Å². The Morgan fingerprint density at radius 2 is 1.77 bits per heavy atom. The lowest BCUT2D eigenvalue weighted by Gasteiger charge is -2.20. The van der Waals surface area contributed by atoms with Crippen LogP contribution in [0.3, 0.4) is 0 Å². The average Bonchev–Trinajstić information content (AvgIpc) is 2.86. The number of nitrogens with zero attached hydrogens (tertiary/aromatic N) is 1. The molecule has 0 fully saturated rings. The summed E-state index contributed by atoms with van der Waals surface area (Å²) in [6, 6.07) is 13.6. The molecule has 1 heterocycles. The number of anilines is 1. The van der Waals surface area contributed by atoms with Crippen LogP contribution in [0.5, 0.6) is 0 Å². The molecule has 0 N–H and O–H groups in total. The molecule has 0 spiro atoms. The molecule has 0 saturated carbocycles. The second-order valence-corrected chi connectivity index (χ2v) is 7.41. The third kappa shape index (κ3) is 2.22. The van der Waals surface area contributed by atoms with Crippen molar-refractivity contribution in [2.45, 2.75) is 24.7 Å². The molecule has 1 unspecified atom stereocenters. The van der Waals surface area contributed by atoms with Crippen molar-refractivity contribution in [2.24, 2.45) is 0 Å².